The Morgan fingerprint density at radius 3 is 2.73 bits per heavy atom. The lowest BCUT2D eigenvalue weighted by atomic mass is 9.77. The number of halogens is 1. The Labute approximate surface area is 184 Å². The van der Waals surface area contributed by atoms with Crippen LogP contribution in [0, 0.1) is 11.8 Å². The Hall–Kier alpha value is -1.02. The van der Waals surface area contributed by atoms with Gasteiger partial charge in [-0.25, -0.2) is 8.42 Å². The Bertz CT molecular complexity index is 924. The van der Waals surface area contributed by atoms with E-state index in [2.05, 4.69) is 17.0 Å². The SMILES string of the molecule is CC(CCl)C(C)S(=O)(=O)N1CCC[C@@H]2CN3CCc4cc5c(cc4[C@@H]3C[C@@H]21)OCO5. The quantitative estimate of drug-likeness (QED) is 0.652. The summed E-state index contributed by atoms with van der Waals surface area (Å²) in [6.45, 7) is 6.64. The molecule has 0 N–H and O–H groups in total. The molecule has 4 heterocycles. The Morgan fingerprint density at radius 2 is 1.97 bits per heavy atom. The van der Waals surface area contributed by atoms with E-state index in [1.807, 2.05) is 18.2 Å². The number of hydrogen-bond acceptors (Lipinski definition) is 5. The Morgan fingerprint density at radius 1 is 1.20 bits per heavy atom. The molecule has 0 bridgehead atoms. The van der Waals surface area contributed by atoms with Crippen LogP contribution in [-0.4, -0.2) is 61.2 Å². The van der Waals surface area contributed by atoms with E-state index in [-0.39, 0.29) is 24.8 Å². The lowest BCUT2D eigenvalue weighted by Gasteiger charge is -2.52. The van der Waals surface area contributed by atoms with Crippen LogP contribution in [0.1, 0.15) is 50.3 Å². The smallest absolute Gasteiger partial charge is 0.231 e. The number of benzene rings is 1. The molecular formula is C22H31ClN2O4S. The van der Waals surface area contributed by atoms with Crippen molar-refractivity contribution in [2.45, 2.75) is 56.9 Å². The van der Waals surface area contributed by atoms with Gasteiger partial charge in [0.05, 0.1) is 5.25 Å². The van der Waals surface area contributed by atoms with E-state index in [1.165, 1.54) is 11.1 Å². The van der Waals surface area contributed by atoms with Gasteiger partial charge in [0.15, 0.2) is 11.5 Å². The predicted molar refractivity (Wildman–Crippen MR) is 117 cm³/mol. The van der Waals surface area contributed by atoms with Gasteiger partial charge >= 0.3 is 0 Å². The van der Waals surface area contributed by atoms with Crippen LogP contribution in [0.15, 0.2) is 12.1 Å². The molecule has 4 aliphatic heterocycles. The van der Waals surface area contributed by atoms with E-state index in [4.69, 9.17) is 21.1 Å². The molecule has 2 saturated heterocycles. The lowest BCUT2D eigenvalue weighted by molar-refractivity contribution is 0.0214. The summed E-state index contributed by atoms with van der Waals surface area (Å²) in [4.78, 5) is 2.56. The third kappa shape index (κ3) is 3.33. The van der Waals surface area contributed by atoms with Crippen LogP contribution in [0.5, 0.6) is 11.5 Å². The molecule has 5 atom stereocenters. The second-order valence-electron chi connectivity index (χ2n) is 9.36. The third-order valence-corrected chi connectivity index (χ3v) is 10.7. The summed E-state index contributed by atoms with van der Waals surface area (Å²) in [5.74, 6) is 2.35. The van der Waals surface area contributed by atoms with E-state index in [0.29, 0.717) is 18.3 Å². The van der Waals surface area contributed by atoms with Crippen LogP contribution in [0.3, 0.4) is 0 Å². The molecule has 166 valence electrons. The molecule has 0 saturated carbocycles. The maximum Gasteiger partial charge on any atom is 0.231 e. The van der Waals surface area contributed by atoms with Crippen molar-refractivity contribution in [2.24, 2.45) is 11.8 Å². The maximum atomic E-state index is 13.5. The first-order chi connectivity index (χ1) is 14.4. The van der Waals surface area contributed by atoms with Gasteiger partial charge in [0, 0.05) is 37.6 Å². The minimum absolute atomic E-state index is 0.0614. The zero-order chi connectivity index (χ0) is 21.0. The fourth-order valence-electron chi connectivity index (χ4n) is 5.74. The summed E-state index contributed by atoms with van der Waals surface area (Å²) >= 11 is 6.01. The standard InChI is InChI=1S/C22H31ClN2O4S/c1-14(11-23)15(2)30(26,27)25-6-3-4-17-12-24-7-5-16-8-21-22(29-13-28-21)9-18(16)20(24)10-19(17)25/h8-9,14-15,17,19-20H,3-7,10-13H2,1-2H3/t14?,15?,17-,19+,20+/m1/s1. The summed E-state index contributed by atoms with van der Waals surface area (Å²) in [6.07, 6.45) is 3.90. The summed E-state index contributed by atoms with van der Waals surface area (Å²) in [7, 11) is -3.38. The molecule has 2 fully saturated rings. The number of ether oxygens (including phenoxy) is 2. The number of nitrogens with zero attached hydrogens (tertiary/aromatic N) is 2. The molecule has 8 heteroatoms. The van der Waals surface area contributed by atoms with Crippen LogP contribution in [-0.2, 0) is 16.4 Å². The molecule has 0 aromatic heterocycles. The van der Waals surface area contributed by atoms with Crippen molar-refractivity contribution in [3.8, 4) is 11.5 Å². The van der Waals surface area contributed by atoms with Gasteiger partial charge in [-0.05, 0) is 67.7 Å². The molecule has 6 nitrogen and oxygen atoms in total. The number of alkyl halides is 1. The van der Waals surface area contributed by atoms with Crippen molar-refractivity contribution < 1.29 is 17.9 Å². The van der Waals surface area contributed by atoms with Crippen LogP contribution in [0.4, 0.5) is 0 Å². The zero-order valence-corrected chi connectivity index (χ0v) is 19.3. The van der Waals surface area contributed by atoms with Gasteiger partial charge in [-0.3, -0.25) is 4.90 Å². The second-order valence-corrected chi connectivity index (χ2v) is 11.9. The van der Waals surface area contributed by atoms with E-state index in [9.17, 15) is 8.42 Å². The average Bonchev–Trinajstić information content (AvgIpc) is 3.22. The fraction of sp³-hybridized carbons (Fsp3) is 0.727. The number of piperidine rings is 2. The fourth-order valence-corrected chi connectivity index (χ4v) is 8.24. The van der Waals surface area contributed by atoms with E-state index >= 15 is 0 Å². The van der Waals surface area contributed by atoms with Crippen molar-refractivity contribution in [1.82, 2.24) is 9.21 Å². The molecule has 0 radical (unpaired) electrons. The third-order valence-electron chi connectivity index (χ3n) is 7.75. The van der Waals surface area contributed by atoms with Gasteiger partial charge in [-0.2, -0.15) is 4.31 Å². The summed E-state index contributed by atoms with van der Waals surface area (Å²) in [6, 6.07) is 4.56. The molecular weight excluding hydrogens is 424 g/mol. The second kappa shape index (κ2) is 7.84. The molecule has 0 spiro atoms. The molecule has 0 amide bonds. The predicted octanol–water partition coefficient (Wildman–Crippen LogP) is 3.39. The topological polar surface area (TPSA) is 59.1 Å². The molecule has 4 aliphatic rings. The highest BCUT2D eigenvalue weighted by Gasteiger charge is 2.47. The minimum atomic E-state index is -3.38. The van der Waals surface area contributed by atoms with Crippen molar-refractivity contribution in [3.63, 3.8) is 0 Å². The maximum absolute atomic E-state index is 13.5. The number of hydrogen-bond donors (Lipinski definition) is 0. The first-order valence-electron chi connectivity index (χ1n) is 11.1. The van der Waals surface area contributed by atoms with Gasteiger partial charge < -0.3 is 9.47 Å². The highest BCUT2D eigenvalue weighted by molar-refractivity contribution is 7.89. The molecule has 5 rings (SSSR count). The monoisotopic (exact) mass is 454 g/mol. The molecule has 1 aromatic rings. The highest BCUT2D eigenvalue weighted by atomic mass is 35.5. The lowest BCUT2D eigenvalue weighted by Crippen LogP contribution is -2.59. The molecule has 0 aliphatic carbocycles. The van der Waals surface area contributed by atoms with E-state index < -0.39 is 15.3 Å². The van der Waals surface area contributed by atoms with E-state index in [1.54, 1.807) is 0 Å². The van der Waals surface area contributed by atoms with E-state index in [0.717, 1.165) is 50.3 Å². The average molecular weight is 455 g/mol. The van der Waals surface area contributed by atoms with Crippen molar-refractivity contribution in [2.75, 3.05) is 32.3 Å². The summed E-state index contributed by atoms with van der Waals surface area (Å²) < 4.78 is 40.1. The Balaban J connectivity index is 1.46. The highest BCUT2D eigenvalue weighted by Crippen LogP contribution is 2.47. The molecule has 1 aromatic carbocycles. The minimum Gasteiger partial charge on any atom is -0.454 e. The van der Waals surface area contributed by atoms with Crippen molar-refractivity contribution in [3.05, 3.63) is 23.3 Å². The van der Waals surface area contributed by atoms with Crippen LogP contribution < -0.4 is 9.47 Å². The van der Waals surface area contributed by atoms with Gasteiger partial charge in [-0.1, -0.05) is 6.92 Å². The molecule has 30 heavy (non-hydrogen) atoms. The van der Waals surface area contributed by atoms with Crippen LogP contribution in [0.25, 0.3) is 0 Å². The van der Waals surface area contributed by atoms with Crippen molar-refractivity contribution in [1.29, 1.82) is 0 Å². The van der Waals surface area contributed by atoms with Gasteiger partial charge in [0.1, 0.15) is 0 Å². The number of fused-ring (bicyclic) bond motifs is 5. The van der Waals surface area contributed by atoms with Gasteiger partial charge in [0.2, 0.25) is 16.8 Å². The van der Waals surface area contributed by atoms with Gasteiger partial charge in [-0.15, -0.1) is 11.6 Å². The molecule has 2 unspecified atom stereocenters. The van der Waals surface area contributed by atoms with Crippen LogP contribution in [0.2, 0.25) is 0 Å². The number of rotatable bonds is 4. The van der Waals surface area contributed by atoms with Gasteiger partial charge in [0.25, 0.3) is 0 Å². The Kier molecular flexibility index (Phi) is 5.45. The number of sulfonamides is 1. The van der Waals surface area contributed by atoms with Crippen molar-refractivity contribution >= 4 is 21.6 Å². The van der Waals surface area contributed by atoms with Crippen LogP contribution >= 0.6 is 11.6 Å². The zero-order valence-electron chi connectivity index (χ0n) is 17.7. The normalized spacial score (nSPS) is 30.8. The summed E-state index contributed by atoms with van der Waals surface area (Å²) in [5.41, 5.74) is 2.60. The largest absolute Gasteiger partial charge is 0.454 e. The first-order valence-corrected chi connectivity index (χ1v) is 13.2. The first kappa shape index (κ1) is 20.9. The summed E-state index contributed by atoms with van der Waals surface area (Å²) in [5, 5.41) is -0.459.